The van der Waals surface area contributed by atoms with Crippen molar-refractivity contribution in [3.63, 3.8) is 0 Å². The molecule has 0 bridgehead atoms. The molecule has 2 N–H and O–H groups in total. The van der Waals surface area contributed by atoms with Gasteiger partial charge in [-0.25, -0.2) is 17.5 Å². The molecule has 0 amide bonds. The van der Waals surface area contributed by atoms with E-state index in [0.29, 0.717) is 0 Å². The molecule has 4 nitrogen and oxygen atoms in total. The highest BCUT2D eigenvalue weighted by atomic mass is 32.2. The zero-order valence-electron chi connectivity index (χ0n) is 11.5. The highest BCUT2D eigenvalue weighted by molar-refractivity contribution is 7.89. The van der Waals surface area contributed by atoms with Crippen molar-refractivity contribution in [3.8, 4) is 0 Å². The molecule has 1 atom stereocenters. The predicted molar refractivity (Wildman–Crippen MR) is 69.6 cm³/mol. The molecule has 0 heterocycles. The van der Waals surface area contributed by atoms with Crippen molar-refractivity contribution in [2.45, 2.75) is 37.0 Å². The average Bonchev–Trinajstić information content (AvgIpc) is 2.28. The largest absolute Gasteiger partial charge is 0.390 e. The van der Waals surface area contributed by atoms with E-state index in [-0.39, 0.29) is 17.0 Å². The number of hydrogen-bond donors (Lipinski definition) is 2. The molecular weight excluding hydrogens is 312 g/mol. The van der Waals surface area contributed by atoms with E-state index >= 15 is 0 Å². The van der Waals surface area contributed by atoms with Gasteiger partial charge in [-0.2, -0.15) is 13.2 Å². The second kappa shape index (κ2) is 6.71. The fourth-order valence-electron chi connectivity index (χ4n) is 1.77. The number of rotatable bonds is 6. The van der Waals surface area contributed by atoms with E-state index in [1.807, 2.05) is 4.72 Å². The van der Waals surface area contributed by atoms with E-state index in [2.05, 4.69) is 5.32 Å². The van der Waals surface area contributed by atoms with Crippen LogP contribution in [0.15, 0.2) is 23.1 Å². The SMILES string of the molecule is CNCc1cc(S(=O)(=O)NC(C)CC(F)(F)F)ccc1F. The van der Waals surface area contributed by atoms with Gasteiger partial charge in [0.25, 0.3) is 0 Å². The molecule has 1 aromatic rings. The molecule has 0 saturated carbocycles. The van der Waals surface area contributed by atoms with Gasteiger partial charge in [-0.15, -0.1) is 0 Å². The van der Waals surface area contributed by atoms with E-state index in [9.17, 15) is 26.0 Å². The highest BCUT2D eigenvalue weighted by Gasteiger charge is 2.32. The third-order valence-corrected chi connectivity index (χ3v) is 4.18. The Balaban J connectivity index is 2.95. The third kappa shape index (κ3) is 5.60. The lowest BCUT2D eigenvalue weighted by molar-refractivity contribution is -0.137. The van der Waals surface area contributed by atoms with Gasteiger partial charge in [0.15, 0.2) is 0 Å². The fraction of sp³-hybridized carbons (Fsp3) is 0.500. The summed E-state index contributed by atoms with van der Waals surface area (Å²) in [4.78, 5) is -0.275. The smallest absolute Gasteiger partial charge is 0.316 e. The Morgan fingerprint density at radius 2 is 1.90 bits per heavy atom. The number of sulfonamides is 1. The first-order valence-corrected chi connectivity index (χ1v) is 7.55. The first-order valence-electron chi connectivity index (χ1n) is 6.07. The Kier molecular flexibility index (Phi) is 5.71. The molecule has 21 heavy (non-hydrogen) atoms. The van der Waals surface area contributed by atoms with Crippen LogP contribution in [0, 0.1) is 5.82 Å². The molecule has 0 aliphatic heterocycles. The quantitative estimate of drug-likeness (QED) is 0.787. The summed E-state index contributed by atoms with van der Waals surface area (Å²) in [6.07, 6.45) is -5.75. The van der Waals surface area contributed by atoms with Crippen molar-refractivity contribution >= 4 is 10.0 Å². The Hall–Kier alpha value is -1.19. The Morgan fingerprint density at radius 1 is 1.29 bits per heavy atom. The maximum Gasteiger partial charge on any atom is 0.390 e. The van der Waals surface area contributed by atoms with Gasteiger partial charge in [0.05, 0.1) is 11.3 Å². The second-order valence-electron chi connectivity index (χ2n) is 4.63. The van der Waals surface area contributed by atoms with Crippen molar-refractivity contribution in [2.75, 3.05) is 7.05 Å². The predicted octanol–water partition coefficient (Wildman–Crippen LogP) is 2.16. The number of hydrogen-bond acceptors (Lipinski definition) is 3. The Labute approximate surface area is 120 Å². The molecular formula is C12H16F4N2O2S. The van der Waals surface area contributed by atoms with Crippen LogP contribution in [-0.2, 0) is 16.6 Å². The van der Waals surface area contributed by atoms with E-state index in [4.69, 9.17) is 0 Å². The van der Waals surface area contributed by atoms with Crippen molar-refractivity contribution in [1.82, 2.24) is 10.0 Å². The summed E-state index contributed by atoms with van der Waals surface area (Å²) in [6.45, 7) is 1.22. The number of benzene rings is 1. The average molecular weight is 328 g/mol. The molecule has 1 rings (SSSR count). The summed E-state index contributed by atoms with van der Waals surface area (Å²) < 4.78 is 75.9. The lowest BCUT2D eigenvalue weighted by Crippen LogP contribution is -2.36. The topological polar surface area (TPSA) is 58.2 Å². The van der Waals surface area contributed by atoms with Gasteiger partial charge in [0.2, 0.25) is 10.0 Å². The van der Waals surface area contributed by atoms with Gasteiger partial charge >= 0.3 is 6.18 Å². The monoisotopic (exact) mass is 328 g/mol. The zero-order valence-corrected chi connectivity index (χ0v) is 12.3. The number of alkyl halides is 3. The minimum atomic E-state index is -4.47. The summed E-state index contributed by atoms with van der Waals surface area (Å²) in [5.41, 5.74) is 0.115. The molecule has 0 saturated heterocycles. The first-order chi connectivity index (χ1) is 9.55. The van der Waals surface area contributed by atoms with Crippen LogP contribution in [0.5, 0.6) is 0 Å². The summed E-state index contributed by atoms with van der Waals surface area (Å²) in [5.74, 6) is -0.591. The molecule has 0 aliphatic rings. The van der Waals surface area contributed by atoms with Crippen LogP contribution in [-0.4, -0.2) is 27.7 Å². The lowest BCUT2D eigenvalue weighted by Gasteiger charge is -2.16. The summed E-state index contributed by atoms with van der Waals surface area (Å²) in [6, 6.07) is 1.76. The molecule has 0 aliphatic carbocycles. The van der Waals surface area contributed by atoms with Crippen molar-refractivity contribution in [3.05, 3.63) is 29.6 Å². The Morgan fingerprint density at radius 3 is 2.43 bits per heavy atom. The molecule has 0 fully saturated rings. The van der Waals surface area contributed by atoms with Gasteiger partial charge < -0.3 is 5.32 Å². The highest BCUT2D eigenvalue weighted by Crippen LogP contribution is 2.22. The second-order valence-corrected chi connectivity index (χ2v) is 6.34. The first kappa shape index (κ1) is 17.9. The molecule has 0 spiro atoms. The molecule has 0 radical (unpaired) electrons. The molecule has 0 aromatic heterocycles. The zero-order chi connectivity index (χ0) is 16.3. The molecule has 1 unspecified atom stereocenters. The van der Waals surface area contributed by atoms with Gasteiger partial charge in [-0.1, -0.05) is 0 Å². The lowest BCUT2D eigenvalue weighted by atomic mass is 10.2. The summed E-state index contributed by atoms with van der Waals surface area (Å²) in [7, 11) is -2.57. The van der Waals surface area contributed by atoms with Crippen LogP contribution >= 0.6 is 0 Å². The third-order valence-electron chi connectivity index (χ3n) is 2.59. The van der Waals surface area contributed by atoms with Gasteiger partial charge in [0.1, 0.15) is 5.82 Å². The molecule has 9 heteroatoms. The molecule has 120 valence electrons. The number of nitrogens with one attached hydrogen (secondary N) is 2. The van der Waals surface area contributed by atoms with E-state index in [1.54, 1.807) is 7.05 Å². The normalized spacial score (nSPS) is 14.2. The van der Waals surface area contributed by atoms with Crippen LogP contribution in [0.1, 0.15) is 18.9 Å². The molecule has 1 aromatic carbocycles. The van der Waals surface area contributed by atoms with Crippen LogP contribution in [0.2, 0.25) is 0 Å². The van der Waals surface area contributed by atoms with E-state index in [1.165, 1.54) is 0 Å². The van der Waals surface area contributed by atoms with Crippen molar-refractivity contribution < 1.29 is 26.0 Å². The van der Waals surface area contributed by atoms with Crippen molar-refractivity contribution in [1.29, 1.82) is 0 Å². The maximum atomic E-state index is 13.4. The standard InChI is InChI=1S/C12H16F4N2O2S/c1-8(6-12(14,15)16)18-21(19,20)10-3-4-11(13)9(5-10)7-17-2/h3-5,8,17-18H,6-7H2,1-2H3. The van der Waals surface area contributed by atoms with Gasteiger partial charge in [-0.3, -0.25) is 0 Å². The minimum Gasteiger partial charge on any atom is -0.316 e. The van der Waals surface area contributed by atoms with E-state index in [0.717, 1.165) is 25.1 Å². The Bertz CT molecular complexity index is 587. The minimum absolute atomic E-state index is 0.104. The van der Waals surface area contributed by atoms with Crippen LogP contribution in [0.25, 0.3) is 0 Å². The summed E-state index contributed by atoms with van der Waals surface area (Å²) in [5, 5.41) is 2.67. The van der Waals surface area contributed by atoms with E-state index < -0.39 is 34.5 Å². The van der Waals surface area contributed by atoms with Gasteiger partial charge in [0, 0.05) is 18.2 Å². The maximum absolute atomic E-state index is 13.4. The summed E-state index contributed by atoms with van der Waals surface area (Å²) >= 11 is 0. The van der Waals surface area contributed by atoms with Gasteiger partial charge in [-0.05, 0) is 32.2 Å². The van der Waals surface area contributed by atoms with Crippen molar-refractivity contribution in [2.24, 2.45) is 0 Å². The number of halogens is 4. The fourth-order valence-corrected chi connectivity index (χ4v) is 3.06. The van der Waals surface area contributed by atoms with Crippen LogP contribution in [0.4, 0.5) is 17.6 Å². The van der Waals surface area contributed by atoms with Crippen LogP contribution < -0.4 is 10.0 Å². The van der Waals surface area contributed by atoms with Crippen LogP contribution in [0.3, 0.4) is 0 Å².